The fourth-order valence-corrected chi connectivity index (χ4v) is 1.48. The van der Waals surface area contributed by atoms with Crippen LogP contribution in [0.2, 0.25) is 0 Å². The first-order valence-corrected chi connectivity index (χ1v) is 3.89. The summed E-state index contributed by atoms with van der Waals surface area (Å²) in [5, 5.41) is 1.73. The van der Waals surface area contributed by atoms with Gasteiger partial charge in [0.25, 0.3) is 0 Å². The van der Waals surface area contributed by atoms with Crippen LogP contribution in [0.3, 0.4) is 0 Å². The van der Waals surface area contributed by atoms with E-state index in [1.807, 2.05) is 0 Å². The van der Waals surface area contributed by atoms with Crippen LogP contribution >= 0.6 is 11.3 Å². The van der Waals surface area contributed by atoms with Crippen LogP contribution in [-0.4, -0.2) is 8.76 Å². The summed E-state index contributed by atoms with van der Waals surface area (Å²) in [4.78, 5) is 0. The number of hydrogen-bond acceptors (Lipinski definition) is 3. The van der Waals surface area contributed by atoms with Crippen molar-refractivity contribution in [3.8, 4) is 0 Å². The standard InChI is InChI=1S/C4H4O2S2.Li/c5-8(6)4-2-1-3-7-4;/h1-3H,(H,5,6);/q;+1/p-1. The SMILES string of the molecule is O=S([O-])c1cccs1.[Li+]. The quantitative estimate of drug-likeness (QED) is 0.346. The molecule has 44 valence electrons. The van der Waals surface area contributed by atoms with Gasteiger partial charge in [0.15, 0.2) is 0 Å². The van der Waals surface area contributed by atoms with Crippen molar-refractivity contribution >= 4 is 22.4 Å². The summed E-state index contributed by atoms with van der Waals surface area (Å²) in [5.74, 6) is 0. The summed E-state index contributed by atoms with van der Waals surface area (Å²) in [5.41, 5.74) is 0. The van der Waals surface area contributed by atoms with Gasteiger partial charge in [0, 0.05) is 0 Å². The van der Waals surface area contributed by atoms with E-state index in [1.165, 1.54) is 11.3 Å². The van der Waals surface area contributed by atoms with Crippen LogP contribution in [-0.2, 0) is 11.1 Å². The van der Waals surface area contributed by atoms with Crippen LogP contribution in [0.4, 0.5) is 0 Å². The van der Waals surface area contributed by atoms with Crippen molar-refractivity contribution in [2.75, 3.05) is 0 Å². The molecule has 9 heavy (non-hydrogen) atoms. The summed E-state index contributed by atoms with van der Waals surface area (Å²) in [7, 11) is 0. The molecule has 0 saturated heterocycles. The molecule has 1 unspecified atom stereocenters. The average Bonchev–Trinajstić information content (AvgIpc) is 2.12. The maximum Gasteiger partial charge on any atom is 1.00 e. The summed E-state index contributed by atoms with van der Waals surface area (Å²) in [6.07, 6.45) is 0. The molecule has 1 aromatic rings. The van der Waals surface area contributed by atoms with Crippen molar-refractivity contribution in [2.24, 2.45) is 0 Å². The minimum Gasteiger partial charge on any atom is -0.768 e. The average molecular weight is 154 g/mol. The van der Waals surface area contributed by atoms with Crippen molar-refractivity contribution in [3.05, 3.63) is 17.5 Å². The molecule has 0 amide bonds. The van der Waals surface area contributed by atoms with E-state index in [1.54, 1.807) is 17.5 Å². The van der Waals surface area contributed by atoms with Gasteiger partial charge in [0.1, 0.15) is 0 Å². The number of thiophene rings is 1. The fourth-order valence-electron chi connectivity index (χ4n) is 0.358. The van der Waals surface area contributed by atoms with Gasteiger partial charge in [-0.25, -0.2) is 0 Å². The van der Waals surface area contributed by atoms with Crippen LogP contribution in [0.25, 0.3) is 0 Å². The Balaban J connectivity index is 0.000000640. The molecule has 1 heterocycles. The van der Waals surface area contributed by atoms with Crippen molar-refractivity contribution in [1.29, 1.82) is 0 Å². The van der Waals surface area contributed by atoms with E-state index in [0.29, 0.717) is 4.21 Å². The Labute approximate surface area is 71.7 Å². The second-order valence-electron chi connectivity index (χ2n) is 1.17. The molecular formula is C4H3LiO2S2. The summed E-state index contributed by atoms with van der Waals surface area (Å²) in [6, 6.07) is 3.27. The Kier molecular flexibility index (Phi) is 4.45. The maximum atomic E-state index is 10.1. The third-order valence-electron chi connectivity index (χ3n) is 0.659. The van der Waals surface area contributed by atoms with Gasteiger partial charge < -0.3 is 4.55 Å². The van der Waals surface area contributed by atoms with E-state index in [0.717, 1.165) is 0 Å². The molecule has 0 N–H and O–H groups in total. The molecule has 0 aliphatic carbocycles. The van der Waals surface area contributed by atoms with E-state index in [4.69, 9.17) is 0 Å². The largest absolute Gasteiger partial charge is 1.00 e. The Morgan fingerprint density at radius 1 is 1.67 bits per heavy atom. The molecule has 2 nitrogen and oxygen atoms in total. The molecule has 0 aromatic carbocycles. The van der Waals surface area contributed by atoms with E-state index in [9.17, 15) is 8.76 Å². The first-order chi connectivity index (χ1) is 3.80. The molecule has 1 aromatic heterocycles. The first kappa shape index (κ1) is 9.41. The molecule has 0 spiro atoms. The minimum absolute atomic E-state index is 0. The fraction of sp³-hybridized carbons (Fsp3) is 0. The third kappa shape index (κ3) is 2.65. The normalized spacial score (nSPS) is 12.1. The molecule has 5 heteroatoms. The van der Waals surface area contributed by atoms with Gasteiger partial charge in [-0.15, -0.1) is 11.3 Å². The van der Waals surface area contributed by atoms with Crippen molar-refractivity contribution in [3.63, 3.8) is 0 Å². The van der Waals surface area contributed by atoms with Gasteiger partial charge in [-0.05, 0) is 22.5 Å². The maximum absolute atomic E-state index is 10.1. The van der Waals surface area contributed by atoms with Crippen LogP contribution in [0.5, 0.6) is 0 Å². The Morgan fingerprint density at radius 3 is 2.56 bits per heavy atom. The summed E-state index contributed by atoms with van der Waals surface area (Å²) >= 11 is -0.811. The molecule has 0 aliphatic heterocycles. The smallest absolute Gasteiger partial charge is 0.768 e. The van der Waals surface area contributed by atoms with Crippen molar-refractivity contribution in [1.82, 2.24) is 0 Å². The minimum atomic E-state index is -2.03. The summed E-state index contributed by atoms with van der Waals surface area (Å²) in [6.45, 7) is 0. The third-order valence-corrected chi connectivity index (χ3v) is 2.48. The second-order valence-corrected chi connectivity index (χ2v) is 3.28. The van der Waals surface area contributed by atoms with Gasteiger partial charge in [-0.1, -0.05) is 6.07 Å². The van der Waals surface area contributed by atoms with Crippen LogP contribution in [0, 0.1) is 0 Å². The zero-order valence-electron chi connectivity index (χ0n) is 4.87. The van der Waals surface area contributed by atoms with E-state index in [-0.39, 0.29) is 18.9 Å². The second kappa shape index (κ2) is 4.26. The first-order valence-electron chi connectivity index (χ1n) is 1.93. The molecule has 0 aliphatic rings. The predicted octanol–water partition coefficient (Wildman–Crippen LogP) is -2.01. The molecule has 0 saturated carbocycles. The zero-order chi connectivity index (χ0) is 5.98. The van der Waals surface area contributed by atoms with Gasteiger partial charge >= 0.3 is 18.9 Å². The van der Waals surface area contributed by atoms with Crippen LogP contribution in [0.1, 0.15) is 0 Å². The molecule has 0 radical (unpaired) electrons. The van der Waals surface area contributed by atoms with Gasteiger partial charge in [-0.3, -0.25) is 4.21 Å². The van der Waals surface area contributed by atoms with Crippen molar-refractivity contribution in [2.45, 2.75) is 4.21 Å². The van der Waals surface area contributed by atoms with Crippen LogP contribution in [0.15, 0.2) is 21.7 Å². The molecule has 1 rings (SSSR count). The van der Waals surface area contributed by atoms with E-state index >= 15 is 0 Å². The van der Waals surface area contributed by atoms with E-state index in [2.05, 4.69) is 0 Å². The van der Waals surface area contributed by atoms with E-state index < -0.39 is 11.1 Å². The Hall–Kier alpha value is 0.407. The van der Waals surface area contributed by atoms with Gasteiger partial charge in [-0.2, -0.15) is 0 Å². The molecule has 1 atom stereocenters. The topological polar surface area (TPSA) is 40.1 Å². The number of rotatable bonds is 1. The van der Waals surface area contributed by atoms with Gasteiger partial charge in [0.2, 0.25) is 0 Å². The summed E-state index contributed by atoms with van der Waals surface area (Å²) < 4.78 is 20.5. The molecular weight excluding hydrogens is 151 g/mol. The van der Waals surface area contributed by atoms with Crippen LogP contribution < -0.4 is 18.9 Å². The predicted molar refractivity (Wildman–Crippen MR) is 31.5 cm³/mol. The molecule has 0 fully saturated rings. The Morgan fingerprint density at radius 2 is 2.33 bits per heavy atom. The zero-order valence-corrected chi connectivity index (χ0v) is 6.50. The molecule has 0 bridgehead atoms. The van der Waals surface area contributed by atoms with Crippen molar-refractivity contribution < 1.29 is 27.6 Å². The Bertz CT molecular complexity index is 184. The van der Waals surface area contributed by atoms with Gasteiger partial charge in [0.05, 0.1) is 4.21 Å². The monoisotopic (exact) mass is 154 g/mol. The number of hydrogen-bond donors (Lipinski definition) is 0.